The zero-order chi connectivity index (χ0) is 33.0. The first kappa shape index (κ1) is 31.9. The predicted molar refractivity (Wildman–Crippen MR) is 164 cm³/mol. The minimum absolute atomic E-state index is 0.0634. The van der Waals surface area contributed by atoms with Crippen LogP contribution in [0.15, 0.2) is 91.4 Å². The van der Waals surface area contributed by atoms with Crippen molar-refractivity contribution in [3.8, 4) is 22.4 Å². The second-order valence-corrected chi connectivity index (χ2v) is 10.4. The van der Waals surface area contributed by atoms with Gasteiger partial charge in [0.2, 0.25) is 0 Å². The van der Waals surface area contributed by atoms with E-state index in [4.69, 9.17) is 20.4 Å². The van der Waals surface area contributed by atoms with Crippen molar-refractivity contribution in [2.75, 3.05) is 6.61 Å². The van der Waals surface area contributed by atoms with E-state index < -0.39 is 18.2 Å². The van der Waals surface area contributed by atoms with E-state index in [0.717, 1.165) is 44.2 Å². The number of carbonyl (C=O) groups excluding carboxylic acids is 1. The van der Waals surface area contributed by atoms with Crippen LogP contribution in [0.5, 0.6) is 0 Å². The zero-order valence-corrected chi connectivity index (χ0v) is 24.3. The molecule has 0 saturated carbocycles. The highest BCUT2D eigenvalue weighted by atomic mass is 19.4. The van der Waals surface area contributed by atoms with E-state index in [0.29, 0.717) is 17.5 Å². The molecule has 0 saturated heterocycles. The van der Waals surface area contributed by atoms with E-state index in [1.807, 2.05) is 60.8 Å². The van der Waals surface area contributed by atoms with E-state index in [-0.39, 0.29) is 18.5 Å². The number of alkyl halides is 3. The molecule has 0 amide bonds. The maximum absolute atomic E-state index is 13.8. The summed E-state index contributed by atoms with van der Waals surface area (Å²) in [4.78, 5) is 29.6. The molecule has 4 N–H and O–H groups in total. The SMILES string of the molecule is Cc1cc(-c2ncccc2-c2ccc3c(cnn3C(=O)OC[C@@H](N)Cc3c[nH]c4ccccc34)c2)ccc1F.O=C(O)C(F)(F)F. The molecule has 46 heavy (non-hydrogen) atoms. The highest BCUT2D eigenvalue weighted by Crippen LogP contribution is 2.33. The zero-order valence-electron chi connectivity index (χ0n) is 24.3. The number of para-hydroxylation sites is 1. The Morgan fingerprint density at radius 1 is 1.04 bits per heavy atom. The second-order valence-electron chi connectivity index (χ2n) is 10.4. The van der Waals surface area contributed by atoms with Crippen molar-refractivity contribution >= 4 is 33.9 Å². The van der Waals surface area contributed by atoms with Gasteiger partial charge in [0.25, 0.3) is 0 Å². The Labute approximate surface area is 259 Å². The lowest BCUT2D eigenvalue weighted by Gasteiger charge is -2.12. The standard InChI is InChI=1S/C31H26FN5O2.C2HF3O2/c1-19-13-21(8-10-27(19)32)30-26(6-4-12-34-30)20-9-11-29-23(14-20)17-36-37(29)31(38)39-18-24(33)15-22-16-35-28-7-3-2-5-25(22)28;3-2(4,5)1(6)7/h2-14,16-17,24,35H,15,18,33H2,1H3;(H,6,7)/t24-;/m0./s1. The number of aromatic nitrogens is 4. The topological polar surface area (TPSA) is 136 Å². The van der Waals surface area contributed by atoms with Crippen LogP contribution in [0.1, 0.15) is 11.1 Å². The van der Waals surface area contributed by atoms with E-state index in [9.17, 15) is 22.4 Å². The van der Waals surface area contributed by atoms with Crippen molar-refractivity contribution in [3.63, 3.8) is 0 Å². The number of ether oxygens (including phenoxy) is 1. The number of aromatic amines is 1. The van der Waals surface area contributed by atoms with Gasteiger partial charge in [-0.05, 0) is 72.5 Å². The smallest absolute Gasteiger partial charge is 0.475 e. The Kier molecular flexibility index (Phi) is 9.14. The molecule has 6 rings (SSSR count). The maximum atomic E-state index is 13.8. The number of carboxylic acids is 1. The third kappa shape index (κ3) is 7.05. The van der Waals surface area contributed by atoms with Crippen molar-refractivity contribution in [1.82, 2.24) is 19.7 Å². The number of fused-ring (bicyclic) bond motifs is 2. The first-order chi connectivity index (χ1) is 21.9. The van der Waals surface area contributed by atoms with Crippen LogP contribution in [0.3, 0.4) is 0 Å². The van der Waals surface area contributed by atoms with Crippen molar-refractivity contribution in [2.24, 2.45) is 5.73 Å². The van der Waals surface area contributed by atoms with Crippen LogP contribution in [-0.2, 0) is 16.0 Å². The lowest BCUT2D eigenvalue weighted by Crippen LogP contribution is -2.31. The fourth-order valence-electron chi connectivity index (χ4n) is 4.89. The Balaban J connectivity index is 0.000000537. The Hall–Kier alpha value is -5.56. The number of nitrogens with zero attached hydrogens (tertiary/aromatic N) is 3. The van der Waals surface area contributed by atoms with Gasteiger partial charge in [-0.1, -0.05) is 30.3 Å². The van der Waals surface area contributed by atoms with Crippen LogP contribution in [0.2, 0.25) is 0 Å². The van der Waals surface area contributed by atoms with Crippen molar-refractivity contribution < 1.29 is 37.0 Å². The lowest BCUT2D eigenvalue weighted by molar-refractivity contribution is -0.192. The lowest BCUT2D eigenvalue weighted by atomic mass is 9.97. The molecule has 9 nitrogen and oxygen atoms in total. The minimum atomic E-state index is -5.08. The van der Waals surface area contributed by atoms with Crippen molar-refractivity contribution in [3.05, 3.63) is 108 Å². The summed E-state index contributed by atoms with van der Waals surface area (Å²) < 4.78 is 52.3. The van der Waals surface area contributed by atoms with Gasteiger partial charge in [0.05, 0.1) is 17.4 Å². The van der Waals surface area contributed by atoms with Gasteiger partial charge in [0.1, 0.15) is 12.4 Å². The fourth-order valence-corrected chi connectivity index (χ4v) is 4.89. The summed E-state index contributed by atoms with van der Waals surface area (Å²) in [5, 5.41) is 13.3. The van der Waals surface area contributed by atoms with Gasteiger partial charge >= 0.3 is 18.2 Å². The molecule has 3 aromatic carbocycles. The molecule has 3 heterocycles. The van der Waals surface area contributed by atoms with Crippen LogP contribution in [-0.4, -0.2) is 55.7 Å². The summed E-state index contributed by atoms with van der Waals surface area (Å²) in [5.41, 5.74) is 13.0. The quantitative estimate of drug-likeness (QED) is 0.170. The summed E-state index contributed by atoms with van der Waals surface area (Å²) in [6.07, 6.45) is 0.186. The maximum Gasteiger partial charge on any atom is 0.490 e. The van der Waals surface area contributed by atoms with E-state index in [1.54, 1.807) is 31.5 Å². The molecule has 0 fully saturated rings. The first-order valence-electron chi connectivity index (χ1n) is 13.9. The molecule has 0 aliphatic rings. The summed E-state index contributed by atoms with van der Waals surface area (Å²) >= 11 is 0. The number of benzene rings is 3. The number of aliphatic carboxylic acids is 1. The number of carbonyl (C=O) groups is 2. The van der Waals surface area contributed by atoms with Crippen molar-refractivity contribution in [2.45, 2.75) is 25.6 Å². The van der Waals surface area contributed by atoms with Crippen molar-refractivity contribution in [1.29, 1.82) is 0 Å². The Morgan fingerprint density at radius 2 is 1.78 bits per heavy atom. The summed E-state index contributed by atoms with van der Waals surface area (Å²) in [6.45, 7) is 1.80. The number of halogens is 4. The van der Waals surface area contributed by atoms with Crippen LogP contribution in [0.4, 0.5) is 22.4 Å². The average Bonchev–Trinajstić information content (AvgIpc) is 3.65. The molecular formula is C33H27F4N5O4. The summed E-state index contributed by atoms with van der Waals surface area (Å²) in [6, 6.07) is 22.1. The number of nitrogens with one attached hydrogen (secondary N) is 1. The molecule has 0 unspecified atom stereocenters. The molecule has 13 heteroatoms. The highest BCUT2D eigenvalue weighted by Gasteiger charge is 2.38. The normalized spacial score (nSPS) is 12.0. The van der Waals surface area contributed by atoms with Gasteiger partial charge < -0.3 is 20.6 Å². The van der Waals surface area contributed by atoms with Crippen LogP contribution in [0.25, 0.3) is 44.2 Å². The van der Waals surface area contributed by atoms with Gasteiger partial charge in [0.15, 0.2) is 0 Å². The number of aryl methyl sites for hydroxylation is 1. The van der Waals surface area contributed by atoms with Crippen LogP contribution < -0.4 is 5.73 Å². The molecule has 0 radical (unpaired) electrons. The number of nitrogens with two attached hydrogens (primary N) is 1. The van der Waals surface area contributed by atoms with Gasteiger partial charge in [-0.15, -0.1) is 0 Å². The van der Waals surface area contributed by atoms with Gasteiger partial charge in [-0.3, -0.25) is 4.98 Å². The molecule has 0 aliphatic heterocycles. The number of carboxylic acid groups (broad SMARTS) is 1. The van der Waals surface area contributed by atoms with E-state index in [2.05, 4.69) is 15.1 Å². The third-order valence-electron chi connectivity index (χ3n) is 7.11. The molecule has 3 aromatic heterocycles. The minimum Gasteiger partial charge on any atom is -0.475 e. The monoisotopic (exact) mass is 633 g/mol. The molecule has 0 bridgehead atoms. The van der Waals surface area contributed by atoms with E-state index >= 15 is 0 Å². The number of rotatable bonds is 6. The molecular weight excluding hydrogens is 606 g/mol. The second kappa shape index (κ2) is 13.2. The average molecular weight is 634 g/mol. The molecule has 0 aliphatic carbocycles. The highest BCUT2D eigenvalue weighted by molar-refractivity contribution is 5.92. The van der Waals surface area contributed by atoms with Gasteiger partial charge in [-0.2, -0.15) is 23.0 Å². The first-order valence-corrected chi connectivity index (χ1v) is 13.9. The van der Waals surface area contributed by atoms with Gasteiger partial charge in [-0.25, -0.2) is 14.0 Å². The number of hydrogen-bond acceptors (Lipinski definition) is 6. The largest absolute Gasteiger partial charge is 0.490 e. The fraction of sp³-hybridized carbons (Fsp3) is 0.152. The van der Waals surface area contributed by atoms with Crippen LogP contribution >= 0.6 is 0 Å². The number of H-pyrrole nitrogens is 1. The van der Waals surface area contributed by atoms with Gasteiger partial charge in [0, 0.05) is 45.9 Å². The number of hydrogen-bond donors (Lipinski definition) is 3. The summed E-state index contributed by atoms with van der Waals surface area (Å²) in [5.74, 6) is -3.01. The Morgan fingerprint density at radius 3 is 2.52 bits per heavy atom. The predicted octanol–water partition coefficient (Wildman–Crippen LogP) is 6.88. The number of pyridine rings is 1. The summed E-state index contributed by atoms with van der Waals surface area (Å²) in [7, 11) is 0. The molecule has 1 atom stereocenters. The molecule has 6 aromatic rings. The molecule has 236 valence electrons. The van der Waals surface area contributed by atoms with E-state index in [1.165, 1.54) is 10.7 Å². The Bertz CT molecular complexity index is 2040. The third-order valence-corrected chi connectivity index (χ3v) is 7.11. The van der Waals surface area contributed by atoms with Crippen LogP contribution in [0, 0.1) is 12.7 Å². The molecule has 0 spiro atoms.